The van der Waals surface area contributed by atoms with Crippen LogP contribution in [-0.4, -0.2) is 49.8 Å². The van der Waals surface area contributed by atoms with Gasteiger partial charge < -0.3 is 10.1 Å². The lowest BCUT2D eigenvalue weighted by Crippen LogP contribution is -2.62. The summed E-state index contributed by atoms with van der Waals surface area (Å²) in [5.41, 5.74) is 0.208. The maximum Gasteiger partial charge on any atom is 0.0594 e. The normalized spacial score (nSPS) is 35.0. The van der Waals surface area contributed by atoms with Gasteiger partial charge in [0.15, 0.2) is 0 Å². The van der Waals surface area contributed by atoms with Gasteiger partial charge in [-0.1, -0.05) is 13.8 Å². The van der Waals surface area contributed by atoms with Crippen molar-refractivity contribution < 1.29 is 4.74 Å². The molecule has 0 bridgehead atoms. The van der Waals surface area contributed by atoms with E-state index in [0.717, 1.165) is 44.1 Å². The first-order valence-corrected chi connectivity index (χ1v) is 8.45. The van der Waals surface area contributed by atoms with Crippen LogP contribution in [0.1, 0.15) is 47.0 Å². The summed E-state index contributed by atoms with van der Waals surface area (Å²) >= 11 is 0. The number of nitrogens with one attached hydrogen (secondary N) is 1. The van der Waals surface area contributed by atoms with Gasteiger partial charge in [0.05, 0.1) is 13.2 Å². The number of nitrogens with zero attached hydrogens (tertiary/aromatic N) is 1. The van der Waals surface area contributed by atoms with E-state index < -0.39 is 0 Å². The molecule has 2 rings (SSSR count). The van der Waals surface area contributed by atoms with E-state index in [9.17, 15) is 0 Å². The van der Waals surface area contributed by atoms with E-state index in [1.165, 1.54) is 19.3 Å². The molecule has 1 heterocycles. The van der Waals surface area contributed by atoms with Crippen molar-refractivity contribution in [2.45, 2.75) is 58.5 Å². The Balaban J connectivity index is 2.08. The first-order valence-electron chi connectivity index (χ1n) is 8.45. The Morgan fingerprint density at radius 2 is 1.60 bits per heavy atom. The Hall–Kier alpha value is -0.120. The summed E-state index contributed by atoms with van der Waals surface area (Å²) in [4.78, 5) is 2.63. The van der Waals surface area contributed by atoms with Crippen LogP contribution >= 0.6 is 0 Å². The summed E-state index contributed by atoms with van der Waals surface area (Å²) in [5, 5.41) is 3.67. The van der Waals surface area contributed by atoms with Crippen LogP contribution < -0.4 is 5.32 Å². The molecule has 2 fully saturated rings. The Morgan fingerprint density at radius 1 is 1.05 bits per heavy atom. The molecule has 0 aromatic heterocycles. The number of ether oxygens (including phenoxy) is 1. The minimum Gasteiger partial charge on any atom is -0.379 e. The van der Waals surface area contributed by atoms with Gasteiger partial charge in [-0.05, 0) is 57.9 Å². The Bertz CT molecular complexity index is 289. The van der Waals surface area contributed by atoms with Crippen LogP contribution in [-0.2, 0) is 4.74 Å². The van der Waals surface area contributed by atoms with E-state index in [1.807, 2.05) is 0 Å². The molecule has 0 spiro atoms. The molecule has 0 aromatic carbocycles. The predicted octanol–water partition coefficient (Wildman–Crippen LogP) is 2.76. The molecular formula is C17H34N2O. The minimum absolute atomic E-state index is 0.208. The highest BCUT2D eigenvalue weighted by Crippen LogP contribution is 2.38. The molecule has 118 valence electrons. The molecule has 0 aromatic rings. The molecule has 0 radical (unpaired) electrons. The summed E-state index contributed by atoms with van der Waals surface area (Å²) in [6, 6.07) is 0.575. The first kappa shape index (κ1) is 16.3. The Kier molecular flexibility index (Phi) is 5.49. The molecule has 2 aliphatic rings. The maximum atomic E-state index is 5.53. The molecule has 1 N–H and O–H groups in total. The van der Waals surface area contributed by atoms with Crippen molar-refractivity contribution in [1.82, 2.24) is 10.2 Å². The van der Waals surface area contributed by atoms with Crippen molar-refractivity contribution in [1.29, 1.82) is 0 Å². The van der Waals surface area contributed by atoms with Crippen LogP contribution in [0.25, 0.3) is 0 Å². The molecule has 3 heteroatoms. The highest BCUT2D eigenvalue weighted by atomic mass is 16.5. The molecular weight excluding hydrogens is 248 g/mol. The highest BCUT2D eigenvalue weighted by molar-refractivity contribution is 4.99. The smallest absolute Gasteiger partial charge is 0.0594 e. The lowest BCUT2D eigenvalue weighted by molar-refractivity contribution is -0.0365. The molecule has 20 heavy (non-hydrogen) atoms. The van der Waals surface area contributed by atoms with Gasteiger partial charge in [-0.3, -0.25) is 4.90 Å². The van der Waals surface area contributed by atoms with Gasteiger partial charge in [0.2, 0.25) is 0 Å². The number of rotatable bonds is 4. The van der Waals surface area contributed by atoms with Crippen molar-refractivity contribution in [2.24, 2.45) is 17.8 Å². The van der Waals surface area contributed by atoms with Crippen LogP contribution in [0.2, 0.25) is 0 Å². The van der Waals surface area contributed by atoms with Crippen LogP contribution in [0.5, 0.6) is 0 Å². The highest BCUT2D eigenvalue weighted by Gasteiger charge is 2.41. The molecule has 1 saturated heterocycles. The van der Waals surface area contributed by atoms with E-state index in [1.54, 1.807) is 0 Å². The van der Waals surface area contributed by atoms with E-state index in [0.29, 0.717) is 6.04 Å². The summed E-state index contributed by atoms with van der Waals surface area (Å²) in [5.74, 6) is 2.55. The third-order valence-corrected chi connectivity index (χ3v) is 5.58. The van der Waals surface area contributed by atoms with Crippen molar-refractivity contribution in [3.8, 4) is 0 Å². The summed E-state index contributed by atoms with van der Waals surface area (Å²) < 4.78 is 5.53. The van der Waals surface area contributed by atoms with E-state index in [4.69, 9.17) is 4.74 Å². The first-order chi connectivity index (χ1) is 9.45. The fraction of sp³-hybridized carbons (Fsp3) is 1.00. The van der Waals surface area contributed by atoms with Gasteiger partial charge >= 0.3 is 0 Å². The standard InChI is InChI=1S/C17H34N2O/c1-13-10-14(2)12-15(11-13)16(18-5)17(3,4)19-6-8-20-9-7-19/h13-16,18H,6-12H2,1-5H3. The quantitative estimate of drug-likeness (QED) is 0.858. The van der Waals surface area contributed by atoms with Crippen LogP contribution in [0.4, 0.5) is 0 Å². The third-order valence-electron chi connectivity index (χ3n) is 5.58. The van der Waals surface area contributed by atoms with Crippen molar-refractivity contribution in [2.75, 3.05) is 33.4 Å². The molecule has 1 aliphatic heterocycles. The topological polar surface area (TPSA) is 24.5 Å². The van der Waals surface area contributed by atoms with Crippen LogP contribution in [0, 0.1) is 17.8 Å². The van der Waals surface area contributed by atoms with Gasteiger partial charge in [-0.25, -0.2) is 0 Å². The fourth-order valence-corrected chi connectivity index (χ4v) is 4.78. The van der Waals surface area contributed by atoms with Crippen molar-refractivity contribution >= 4 is 0 Å². The third kappa shape index (κ3) is 3.55. The molecule has 1 saturated carbocycles. The molecule has 3 unspecified atom stereocenters. The zero-order chi connectivity index (χ0) is 14.8. The van der Waals surface area contributed by atoms with Crippen molar-refractivity contribution in [3.05, 3.63) is 0 Å². The second kappa shape index (κ2) is 6.76. The lowest BCUT2D eigenvalue weighted by atomic mass is 9.69. The second-order valence-electron chi connectivity index (χ2n) is 7.70. The Labute approximate surface area is 125 Å². The summed E-state index contributed by atoms with van der Waals surface area (Å²) in [6.45, 7) is 13.6. The minimum atomic E-state index is 0.208. The molecule has 0 amide bonds. The monoisotopic (exact) mass is 282 g/mol. The number of morpholine rings is 1. The largest absolute Gasteiger partial charge is 0.379 e. The fourth-order valence-electron chi connectivity index (χ4n) is 4.78. The summed E-state index contributed by atoms with van der Waals surface area (Å²) in [7, 11) is 2.15. The summed E-state index contributed by atoms with van der Waals surface area (Å²) in [6.07, 6.45) is 4.16. The SMILES string of the molecule is CNC(C1CC(C)CC(C)C1)C(C)(C)N1CCOCC1. The van der Waals surface area contributed by atoms with Crippen molar-refractivity contribution in [3.63, 3.8) is 0 Å². The zero-order valence-electron chi connectivity index (χ0n) is 14.1. The zero-order valence-corrected chi connectivity index (χ0v) is 14.1. The van der Waals surface area contributed by atoms with E-state index >= 15 is 0 Å². The predicted molar refractivity (Wildman–Crippen MR) is 85.0 cm³/mol. The molecule has 3 atom stereocenters. The van der Waals surface area contributed by atoms with Gasteiger partial charge in [0, 0.05) is 24.7 Å². The Morgan fingerprint density at radius 3 is 2.10 bits per heavy atom. The molecule has 1 aliphatic carbocycles. The number of hydrogen-bond donors (Lipinski definition) is 1. The van der Waals surface area contributed by atoms with Gasteiger partial charge in [-0.15, -0.1) is 0 Å². The van der Waals surface area contributed by atoms with E-state index in [2.05, 4.69) is 45.0 Å². The van der Waals surface area contributed by atoms with E-state index in [-0.39, 0.29) is 5.54 Å². The van der Waals surface area contributed by atoms with Crippen LogP contribution in [0.15, 0.2) is 0 Å². The average Bonchev–Trinajstić information content (AvgIpc) is 2.39. The average molecular weight is 282 g/mol. The second-order valence-corrected chi connectivity index (χ2v) is 7.70. The van der Waals surface area contributed by atoms with Gasteiger partial charge in [-0.2, -0.15) is 0 Å². The maximum absolute atomic E-state index is 5.53. The molecule has 3 nitrogen and oxygen atoms in total. The lowest BCUT2D eigenvalue weighted by Gasteiger charge is -2.50. The van der Waals surface area contributed by atoms with Gasteiger partial charge in [0.1, 0.15) is 0 Å². The van der Waals surface area contributed by atoms with Gasteiger partial charge in [0.25, 0.3) is 0 Å². The van der Waals surface area contributed by atoms with Crippen LogP contribution in [0.3, 0.4) is 0 Å². The number of likely N-dealkylation sites (N-methyl/N-ethyl adjacent to an activating group) is 1. The number of hydrogen-bond acceptors (Lipinski definition) is 3.